The zero-order chi connectivity index (χ0) is 12.4. The fraction of sp³-hybridized carbons (Fsp3) is 0.455. The van der Waals surface area contributed by atoms with E-state index in [4.69, 9.17) is 0 Å². The zero-order valence-electron chi connectivity index (χ0n) is 10.2. The number of hydrogen-bond acceptors (Lipinski definition) is 4. The largest absolute Gasteiger partial charge is 0.358 e. The van der Waals surface area contributed by atoms with Gasteiger partial charge in [-0.2, -0.15) is 0 Å². The van der Waals surface area contributed by atoms with Gasteiger partial charge in [0, 0.05) is 24.7 Å². The second kappa shape index (κ2) is 4.85. The van der Waals surface area contributed by atoms with Gasteiger partial charge in [-0.15, -0.1) is 11.3 Å². The molecule has 2 aromatic rings. The first-order chi connectivity index (χ1) is 8.13. The molecule has 1 amide bonds. The number of nitrogens with one attached hydrogen (secondary N) is 2. The first-order valence-electron chi connectivity index (χ1n) is 5.46. The molecular weight excluding hydrogens is 236 g/mol. The number of carbonyl (C=O) groups excluding carboxylic acids is 1. The number of thiazole rings is 1. The number of amides is 1. The van der Waals surface area contributed by atoms with E-state index >= 15 is 0 Å². The average molecular weight is 252 g/mol. The number of fused-ring (bicyclic) bond motifs is 1. The van der Waals surface area contributed by atoms with Crippen LogP contribution >= 0.6 is 11.3 Å². The predicted molar refractivity (Wildman–Crippen MR) is 68.3 cm³/mol. The molecular formula is C11H16N4OS. The number of aryl methyl sites for hydroxylation is 2. The first kappa shape index (κ1) is 12.1. The van der Waals surface area contributed by atoms with E-state index in [9.17, 15) is 4.79 Å². The van der Waals surface area contributed by atoms with Crippen molar-refractivity contribution in [2.75, 3.05) is 13.6 Å². The van der Waals surface area contributed by atoms with Gasteiger partial charge in [0.15, 0.2) is 4.96 Å². The van der Waals surface area contributed by atoms with Crippen LogP contribution < -0.4 is 10.6 Å². The fourth-order valence-corrected chi connectivity index (χ4v) is 2.69. The number of nitrogens with zero attached hydrogens (tertiary/aromatic N) is 2. The maximum Gasteiger partial charge on any atom is 0.233 e. The number of aromatic nitrogens is 2. The Morgan fingerprint density at radius 3 is 3.00 bits per heavy atom. The smallest absolute Gasteiger partial charge is 0.233 e. The van der Waals surface area contributed by atoms with Crippen LogP contribution in [-0.2, 0) is 11.3 Å². The van der Waals surface area contributed by atoms with Crippen molar-refractivity contribution in [1.82, 2.24) is 20.0 Å². The third-order valence-electron chi connectivity index (χ3n) is 2.69. The molecule has 92 valence electrons. The molecule has 0 fully saturated rings. The summed E-state index contributed by atoms with van der Waals surface area (Å²) in [6, 6.07) is 0. The van der Waals surface area contributed by atoms with Gasteiger partial charge in [-0.1, -0.05) is 0 Å². The second-order valence-electron chi connectivity index (χ2n) is 3.92. The molecule has 0 spiro atoms. The average Bonchev–Trinajstić information content (AvgIpc) is 2.80. The van der Waals surface area contributed by atoms with Crippen molar-refractivity contribution >= 4 is 22.2 Å². The Bertz CT molecular complexity index is 543. The molecule has 2 aromatic heterocycles. The van der Waals surface area contributed by atoms with Crippen LogP contribution in [0.3, 0.4) is 0 Å². The number of carbonyl (C=O) groups is 1. The second-order valence-corrected chi connectivity index (χ2v) is 4.75. The molecule has 17 heavy (non-hydrogen) atoms. The lowest BCUT2D eigenvalue weighted by atomic mass is 10.3. The molecule has 2 N–H and O–H groups in total. The summed E-state index contributed by atoms with van der Waals surface area (Å²) in [5.41, 5.74) is 3.33. The molecule has 0 aliphatic rings. The topological polar surface area (TPSA) is 58.4 Å². The summed E-state index contributed by atoms with van der Waals surface area (Å²) >= 11 is 1.64. The molecule has 2 heterocycles. The summed E-state index contributed by atoms with van der Waals surface area (Å²) in [5, 5.41) is 7.79. The summed E-state index contributed by atoms with van der Waals surface area (Å²) in [6.45, 7) is 5.04. The molecule has 0 saturated heterocycles. The minimum Gasteiger partial charge on any atom is -0.358 e. The van der Waals surface area contributed by atoms with Crippen LogP contribution in [0.15, 0.2) is 5.38 Å². The molecule has 0 aliphatic carbocycles. The highest BCUT2D eigenvalue weighted by atomic mass is 32.1. The molecule has 2 rings (SSSR count). The number of imidazole rings is 1. The van der Waals surface area contributed by atoms with E-state index in [0.717, 1.165) is 16.3 Å². The molecule has 6 heteroatoms. The SMILES string of the molecule is CNC(=O)CNCc1c(C)nc2scc(C)n12. The number of rotatable bonds is 4. The highest BCUT2D eigenvalue weighted by Gasteiger charge is 2.11. The van der Waals surface area contributed by atoms with Gasteiger partial charge in [-0.3, -0.25) is 9.20 Å². The van der Waals surface area contributed by atoms with Gasteiger partial charge in [0.2, 0.25) is 5.91 Å². The molecule has 0 bridgehead atoms. The third-order valence-corrected chi connectivity index (χ3v) is 3.63. The minimum atomic E-state index is -0.00884. The van der Waals surface area contributed by atoms with Gasteiger partial charge in [0.05, 0.1) is 17.9 Å². The molecule has 0 unspecified atom stereocenters. The van der Waals surface area contributed by atoms with E-state index in [1.807, 2.05) is 6.92 Å². The predicted octanol–water partition coefficient (Wildman–Crippen LogP) is 0.848. The standard InChI is InChI=1S/C11H16N4OS/c1-7-6-17-11-14-8(2)9(15(7)11)4-13-5-10(16)12-3/h6,13H,4-5H2,1-3H3,(H,12,16). The summed E-state index contributed by atoms with van der Waals surface area (Å²) in [7, 11) is 1.63. The summed E-state index contributed by atoms with van der Waals surface area (Å²) in [5.74, 6) is -0.00884. The van der Waals surface area contributed by atoms with E-state index in [1.54, 1.807) is 18.4 Å². The molecule has 0 saturated carbocycles. The van der Waals surface area contributed by atoms with Crippen molar-refractivity contribution in [2.24, 2.45) is 0 Å². The van der Waals surface area contributed by atoms with Crippen LogP contribution in [-0.4, -0.2) is 28.9 Å². The molecule has 0 aromatic carbocycles. The maximum atomic E-state index is 11.1. The Kier molecular flexibility index (Phi) is 3.44. The van der Waals surface area contributed by atoms with Crippen molar-refractivity contribution < 1.29 is 4.79 Å². The van der Waals surface area contributed by atoms with Crippen LogP contribution in [0.25, 0.3) is 4.96 Å². The lowest BCUT2D eigenvalue weighted by molar-refractivity contribution is -0.119. The molecule has 5 nitrogen and oxygen atoms in total. The summed E-state index contributed by atoms with van der Waals surface area (Å²) < 4.78 is 2.14. The lowest BCUT2D eigenvalue weighted by Gasteiger charge is -2.05. The van der Waals surface area contributed by atoms with Gasteiger partial charge >= 0.3 is 0 Å². The molecule has 0 radical (unpaired) electrons. The normalized spacial score (nSPS) is 11.0. The Hall–Kier alpha value is -1.40. The molecule has 0 atom stereocenters. The summed E-state index contributed by atoms with van der Waals surface area (Å²) in [6.07, 6.45) is 0. The van der Waals surface area contributed by atoms with E-state index in [1.165, 1.54) is 5.69 Å². The van der Waals surface area contributed by atoms with E-state index in [0.29, 0.717) is 13.1 Å². The van der Waals surface area contributed by atoms with Gasteiger partial charge in [-0.05, 0) is 13.8 Å². The van der Waals surface area contributed by atoms with Gasteiger partial charge in [-0.25, -0.2) is 4.98 Å². The van der Waals surface area contributed by atoms with Crippen LogP contribution in [0.1, 0.15) is 17.1 Å². The Morgan fingerprint density at radius 2 is 2.29 bits per heavy atom. The number of hydrogen-bond donors (Lipinski definition) is 2. The summed E-state index contributed by atoms with van der Waals surface area (Å²) in [4.78, 5) is 16.6. The van der Waals surface area contributed by atoms with Crippen molar-refractivity contribution in [1.29, 1.82) is 0 Å². The van der Waals surface area contributed by atoms with Crippen molar-refractivity contribution in [2.45, 2.75) is 20.4 Å². The van der Waals surface area contributed by atoms with E-state index in [-0.39, 0.29) is 5.91 Å². The van der Waals surface area contributed by atoms with Gasteiger partial charge in [0.1, 0.15) is 0 Å². The first-order valence-corrected chi connectivity index (χ1v) is 6.34. The highest BCUT2D eigenvalue weighted by Crippen LogP contribution is 2.20. The van der Waals surface area contributed by atoms with Crippen molar-refractivity contribution in [3.63, 3.8) is 0 Å². The van der Waals surface area contributed by atoms with Gasteiger partial charge < -0.3 is 10.6 Å². The Balaban J connectivity index is 2.14. The quantitative estimate of drug-likeness (QED) is 0.848. The van der Waals surface area contributed by atoms with E-state index < -0.39 is 0 Å². The lowest BCUT2D eigenvalue weighted by Crippen LogP contribution is -2.31. The Labute approximate surface area is 104 Å². The molecule has 0 aliphatic heterocycles. The zero-order valence-corrected chi connectivity index (χ0v) is 11.0. The van der Waals surface area contributed by atoms with Crippen molar-refractivity contribution in [3.8, 4) is 0 Å². The Morgan fingerprint density at radius 1 is 1.53 bits per heavy atom. The van der Waals surface area contributed by atoms with Crippen LogP contribution in [0.4, 0.5) is 0 Å². The monoisotopic (exact) mass is 252 g/mol. The fourth-order valence-electron chi connectivity index (χ4n) is 1.76. The number of likely N-dealkylation sites (N-methyl/N-ethyl adjacent to an activating group) is 1. The van der Waals surface area contributed by atoms with Crippen molar-refractivity contribution in [3.05, 3.63) is 22.5 Å². The van der Waals surface area contributed by atoms with Gasteiger partial charge in [0.25, 0.3) is 0 Å². The minimum absolute atomic E-state index is 0.00884. The third kappa shape index (κ3) is 2.32. The maximum absolute atomic E-state index is 11.1. The highest BCUT2D eigenvalue weighted by molar-refractivity contribution is 7.15. The van der Waals surface area contributed by atoms with Crippen LogP contribution in [0.5, 0.6) is 0 Å². The van der Waals surface area contributed by atoms with Crippen LogP contribution in [0.2, 0.25) is 0 Å². The van der Waals surface area contributed by atoms with E-state index in [2.05, 4.69) is 32.3 Å². The van der Waals surface area contributed by atoms with Crippen LogP contribution in [0, 0.1) is 13.8 Å².